The lowest BCUT2D eigenvalue weighted by Gasteiger charge is -2.16. The Kier molecular flexibility index (Phi) is 5.35. The van der Waals surface area contributed by atoms with E-state index in [4.69, 9.17) is 9.47 Å². The first-order valence-electron chi connectivity index (χ1n) is 8.63. The number of anilines is 1. The minimum Gasteiger partial charge on any atom is -0.459 e. The van der Waals surface area contributed by atoms with E-state index in [1.165, 1.54) is 6.20 Å². The molecule has 0 fully saturated rings. The highest BCUT2D eigenvalue weighted by Crippen LogP contribution is 2.27. The zero-order valence-corrected chi connectivity index (χ0v) is 15.0. The maximum atomic E-state index is 12.5. The molecule has 1 aliphatic rings. The molecular weight excluding hydrogens is 346 g/mol. The summed E-state index contributed by atoms with van der Waals surface area (Å²) in [7, 11) is 0. The van der Waals surface area contributed by atoms with Gasteiger partial charge < -0.3 is 14.8 Å². The molecule has 0 aliphatic carbocycles. The van der Waals surface area contributed by atoms with Crippen LogP contribution in [0, 0.1) is 0 Å². The summed E-state index contributed by atoms with van der Waals surface area (Å²) in [4.78, 5) is 36.5. The average molecular weight is 365 g/mol. The lowest BCUT2D eigenvalue weighted by atomic mass is 10.0. The molecule has 3 rings (SSSR count). The number of esters is 2. The third-order valence-electron chi connectivity index (χ3n) is 4.19. The molecule has 6 heteroatoms. The number of nitrogens with one attached hydrogen (secondary N) is 1. The van der Waals surface area contributed by atoms with Gasteiger partial charge in [-0.3, -0.25) is 4.79 Å². The van der Waals surface area contributed by atoms with E-state index < -0.39 is 17.7 Å². The first-order valence-corrected chi connectivity index (χ1v) is 8.63. The highest BCUT2D eigenvalue weighted by molar-refractivity contribution is 6.27. The summed E-state index contributed by atoms with van der Waals surface area (Å²) < 4.78 is 10.4. The smallest absolute Gasteiger partial charge is 0.349 e. The van der Waals surface area contributed by atoms with Gasteiger partial charge in [-0.05, 0) is 49.7 Å². The zero-order valence-electron chi connectivity index (χ0n) is 15.0. The summed E-state index contributed by atoms with van der Waals surface area (Å²) in [6.45, 7) is 3.77. The monoisotopic (exact) mass is 365 g/mol. The van der Waals surface area contributed by atoms with Gasteiger partial charge in [-0.25, -0.2) is 9.59 Å². The lowest BCUT2D eigenvalue weighted by Crippen LogP contribution is -2.25. The van der Waals surface area contributed by atoms with Gasteiger partial charge in [0.15, 0.2) is 0 Å². The number of ether oxygens (including phenoxy) is 2. The van der Waals surface area contributed by atoms with Crippen LogP contribution < -0.4 is 10.1 Å². The number of carbonyl (C=O) groups is 3. The predicted octanol–water partition coefficient (Wildman–Crippen LogP) is 3.74. The first-order chi connectivity index (χ1) is 13.0. The number of fused-ring (bicyclic) bond motifs is 1. The van der Waals surface area contributed by atoms with Crippen LogP contribution in [0.5, 0.6) is 5.75 Å². The third-order valence-corrected chi connectivity index (χ3v) is 4.19. The number of Topliss-reactive ketones (excluding diaryl/α,β-unsaturated/α-hetero) is 1. The molecule has 0 bridgehead atoms. The van der Waals surface area contributed by atoms with E-state index in [0.717, 1.165) is 6.42 Å². The topological polar surface area (TPSA) is 81.7 Å². The van der Waals surface area contributed by atoms with Crippen molar-refractivity contribution in [2.24, 2.45) is 0 Å². The van der Waals surface area contributed by atoms with Gasteiger partial charge >= 0.3 is 11.9 Å². The molecule has 0 saturated heterocycles. The van der Waals surface area contributed by atoms with Crippen LogP contribution in [-0.4, -0.2) is 23.8 Å². The number of rotatable bonds is 5. The van der Waals surface area contributed by atoms with Crippen LogP contribution in [0.3, 0.4) is 0 Å². The summed E-state index contributed by atoms with van der Waals surface area (Å²) >= 11 is 0. The molecule has 1 aliphatic heterocycles. The van der Waals surface area contributed by atoms with Crippen LogP contribution in [0.2, 0.25) is 0 Å². The molecule has 6 nitrogen and oxygen atoms in total. The molecule has 1 heterocycles. The number of ketones is 1. The van der Waals surface area contributed by atoms with E-state index in [9.17, 15) is 14.4 Å². The molecule has 1 atom stereocenters. The number of hydrogen-bond acceptors (Lipinski definition) is 6. The second kappa shape index (κ2) is 7.86. The van der Waals surface area contributed by atoms with Crippen molar-refractivity contribution in [1.29, 1.82) is 0 Å². The number of hydrogen-bond donors (Lipinski definition) is 1. The van der Waals surface area contributed by atoms with Crippen molar-refractivity contribution in [3.8, 4) is 5.75 Å². The molecule has 0 spiro atoms. The van der Waals surface area contributed by atoms with Crippen molar-refractivity contribution in [3.63, 3.8) is 0 Å². The van der Waals surface area contributed by atoms with Crippen molar-refractivity contribution < 1.29 is 23.9 Å². The van der Waals surface area contributed by atoms with Crippen LogP contribution in [-0.2, 0) is 9.53 Å². The van der Waals surface area contributed by atoms with E-state index in [1.54, 1.807) is 48.5 Å². The Morgan fingerprint density at radius 1 is 1.15 bits per heavy atom. The van der Waals surface area contributed by atoms with Crippen LogP contribution in [0.15, 0.2) is 60.3 Å². The summed E-state index contributed by atoms with van der Waals surface area (Å²) in [6, 6.07) is 13.1. The van der Waals surface area contributed by atoms with E-state index in [0.29, 0.717) is 16.8 Å². The first kappa shape index (κ1) is 18.4. The van der Waals surface area contributed by atoms with Crippen LogP contribution >= 0.6 is 0 Å². The fraction of sp³-hybridized carbons (Fsp3) is 0.190. The maximum Gasteiger partial charge on any atom is 0.349 e. The van der Waals surface area contributed by atoms with Gasteiger partial charge in [0.2, 0.25) is 5.78 Å². The van der Waals surface area contributed by atoms with Gasteiger partial charge in [-0.2, -0.15) is 0 Å². The fourth-order valence-corrected chi connectivity index (χ4v) is 2.45. The normalized spacial score (nSPS) is 15.7. The van der Waals surface area contributed by atoms with Crippen molar-refractivity contribution in [2.75, 3.05) is 5.32 Å². The van der Waals surface area contributed by atoms with Gasteiger partial charge in [0.05, 0.1) is 17.2 Å². The highest BCUT2D eigenvalue weighted by atomic mass is 16.5. The zero-order chi connectivity index (χ0) is 19.4. The van der Waals surface area contributed by atoms with Crippen molar-refractivity contribution in [2.45, 2.75) is 26.4 Å². The fourth-order valence-electron chi connectivity index (χ4n) is 2.45. The molecule has 2 aromatic carbocycles. The predicted molar refractivity (Wildman–Crippen MR) is 99.7 cm³/mol. The molecule has 1 unspecified atom stereocenters. The number of benzene rings is 2. The quantitative estimate of drug-likeness (QED) is 0.376. The van der Waals surface area contributed by atoms with Crippen molar-refractivity contribution in [1.82, 2.24) is 0 Å². The Labute approximate surface area is 156 Å². The molecule has 138 valence electrons. The Morgan fingerprint density at radius 3 is 2.56 bits per heavy atom. The van der Waals surface area contributed by atoms with E-state index in [-0.39, 0.29) is 17.4 Å². The van der Waals surface area contributed by atoms with Gasteiger partial charge in [-0.15, -0.1) is 0 Å². The van der Waals surface area contributed by atoms with Crippen LogP contribution in [0.25, 0.3) is 0 Å². The Morgan fingerprint density at radius 2 is 1.85 bits per heavy atom. The second-order valence-corrected chi connectivity index (χ2v) is 6.12. The number of carbonyl (C=O) groups excluding carboxylic acids is 3. The lowest BCUT2D eigenvalue weighted by molar-refractivity contribution is -0.130. The summed E-state index contributed by atoms with van der Waals surface area (Å²) in [5, 5.41) is 2.89. The molecular formula is C21H19NO5. The van der Waals surface area contributed by atoms with Crippen LogP contribution in [0.4, 0.5) is 5.69 Å². The second-order valence-electron chi connectivity index (χ2n) is 6.12. The Balaban J connectivity index is 1.72. The molecule has 0 radical (unpaired) electrons. The Bertz CT molecular complexity index is 914. The summed E-state index contributed by atoms with van der Waals surface area (Å²) in [5.74, 6) is -1.24. The van der Waals surface area contributed by atoms with Gasteiger partial charge in [0.1, 0.15) is 11.3 Å². The van der Waals surface area contributed by atoms with E-state index in [1.807, 2.05) is 13.8 Å². The Hall–Kier alpha value is -3.41. The summed E-state index contributed by atoms with van der Waals surface area (Å²) in [5.41, 5.74) is 1.29. The van der Waals surface area contributed by atoms with E-state index >= 15 is 0 Å². The third kappa shape index (κ3) is 4.06. The van der Waals surface area contributed by atoms with Gasteiger partial charge in [-0.1, -0.05) is 19.1 Å². The van der Waals surface area contributed by atoms with Crippen molar-refractivity contribution in [3.05, 3.63) is 71.4 Å². The van der Waals surface area contributed by atoms with Crippen molar-refractivity contribution >= 4 is 23.4 Å². The van der Waals surface area contributed by atoms with Crippen LogP contribution in [0.1, 0.15) is 41.0 Å². The van der Waals surface area contributed by atoms with E-state index in [2.05, 4.69) is 5.32 Å². The largest absolute Gasteiger partial charge is 0.459 e. The standard InChI is InChI=1S/C21H19NO5/c1-3-13(2)26-20(24)14-8-10-15(11-9-14)22-12-17-19(23)16-6-4-5-7-18(16)27-21(17)25/h4-13,22H,3H2,1-2H3. The molecule has 2 aromatic rings. The van der Waals surface area contributed by atoms with Gasteiger partial charge in [0, 0.05) is 11.9 Å². The summed E-state index contributed by atoms with van der Waals surface area (Å²) in [6.07, 6.45) is 1.91. The average Bonchev–Trinajstić information content (AvgIpc) is 2.68. The highest BCUT2D eigenvalue weighted by Gasteiger charge is 2.30. The SMILES string of the molecule is CCC(C)OC(=O)c1ccc(NC=C2C(=O)Oc3ccccc3C2=O)cc1. The molecule has 27 heavy (non-hydrogen) atoms. The molecule has 1 N–H and O–H groups in total. The maximum absolute atomic E-state index is 12.5. The minimum absolute atomic E-state index is 0.0889. The molecule has 0 amide bonds. The minimum atomic E-state index is -0.708. The van der Waals surface area contributed by atoms with Gasteiger partial charge in [0.25, 0.3) is 0 Å². The number of para-hydroxylation sites is 1. The molecule has 0 aromatic heterocycles. The molecule has 0 saturated carbocycles.